The molecule has 8 rings (SSSR count). The molecule has 0 saturated heterocycles. The first kappa shape index (κ1) is 47.5. The van der Waals surface area contributed by atoms with Crippen molar-refractivity contribution >= 4 is 27.3 Å². The van der Waals surface area contributed by atoms with E-state index in [1.165, 1.54) is 92.5 Å². The minimum absolute atomic E-state index is 0. The van der Waals surface area contributed by atoms with Gasteiger partial charge in [0.05, 0.1) is 8.50 Å². The minimum Gasteiger partial charge on any atom is -0.512 e. The topological polar surface area (TPSA) is 63.1 Å². The Balaban J connectivity index is 0.000000191. The van der Waals surface area contributed by atoms with Gasteiger partial charge in [0.2, 0.25) is 0 Å². The summed E-state index contributed by atoms with van der Waals surface area (Å²) in [6, 6.07) is 32.6. The van der Waals surface area contributed by atoms with E-state index < -0.39 is 0 Å². The van der Waals surface area contributed by atoms with Gasteiger partial charge >= 0.3 is 0 Å². The van der Waals surface area contributed by atoms with Crippen molar-refractivity contribution in [1.29, 1.82) is 0 Å². The van der Waals surface area contributed by atoms with Gasteiger partial charge in [0.25, 0.3) is 0 Å². The number of aliphatic hydroxyl groups excluding tert-OH is 1. The molecule has 5 heteroatoms. The SMILES string of the molecule is CCC(CC)C(=O)/C=C(\O)C(CC)CC.[2H]c1cc2cc(C3CCCCC3)ccc2c(-c2[c-]c(C)cc(C)c2)n1.[2H]c1cc2cc(C3CCCCC3)ccc2c(-c2[c-]c(C)cc(C)c2)n1.[Ir]. The summed E-state index contributed by atoms with van der Waals surface area (Å²) in [5.41, 5.74) is 11.2. The van der Waals surface area contributed by atoms with Crippen LogP contribution in [-0.2, 0) is 24.9 Å². The summed E-state index contributed by atoms with van der Waals surface area (Å²) in [6.45, 7) is 16.4. The smallest absolute Gasteiger partial charge is 0.162 e. The van der Waals surface area contributed by atoms with Crippen LogP contribution < -0.4 is 0 Å². The Bertz CT molecular complexity index is 2390. The maximum absolute atomic E-state index is 11.7. The van der Waals surface area contributed by atoms with Gasteiger partial charge in [0, 0.05) is 50.4 Å². The molecule has 2 aliphatic rings. The molecule has 0 amide bonds. The first-order chi connectivity index (χ1) is 31.3. The van der Waals surface area contributed by atoms with Crippen LogP contribution in [0.4, 0.5) is 0 Å². The number of hydrogen-bond acceptors (Lipinski definition) is 4. The van der Waals surface area contributed by atoms with Crippen molar-refractivity contribution in [1.82, 2.24) is 9.97 Å². The molecule has 4 nitrogen and oxygen atoms in total. The van der Waals surface area contributed by atoms with Crippen LogP contribution in [0.15, 0.2) is 97.0 Å². The van der Waals surface area contributed by atoms with Crippen LogP contribution >= 0.6 is 0 Å². The Morgan fingerprint density at radius 1 is 0.625 bits per heavy atom. The van der Waals surface area contributed by atoms with Gasteiger partial charge in [0.15, 0.2) is 5.78 Å². The molecule has 0 bridgehead atoms. The molecule has 0 atom stereocenters. The van der Waals surface area contributed by atoms with E-state index in [0.29, 0.717) is 24.2 Å². The third-order valence-electron chi connectivity index (χ3n) is 13.5. The molecule has 1 N–H and O–H groups in total. The first-order valence-electron chi connectivity index (χ1n) is 25.1. The Hall–Kier alpha value is -4.44. The van der Waals surface area contributed by atoms with Crippen LogP contribution in [0.3, 0.4) is 0 Å². The van der Waals surface area contributed by atoms with Gasteiger partial charge in [-0.25, -0.2) is 0 Å². The van der Waals surface area contributed by atoms with E-state index in [-0.39, 0.29) is 43.5 Å². The fraction of sp³-hybridized carbons (Fsp3) is 0.441. The van der Waals surface area contributed by atoms with E-state index in [0.717, 1.165) is 80.9 Å². The van der Waals surface area contributed by atoms with E-state index in [4.69, 9.17) is 2.74 Å². The summed E-state index contributed by atoms with van der Waals surface area (Å²) in [6.07, 6.45) is 18.8. The van der Waals surface area contributed by atoms with Crippen LogP contribution in [0.5, 0.6) is 0 Å². The summed E-state index contributed by atoms with van der Waals surface area (Å²) in [4.78, 5) is 20.8. The standard InChI is InChI=1S/2C23H24N.C13H24O2.Ir/c2*1-16-12-17(2)14-21(13-16)23-22-9-8-19(15-20(22)10-11-24-23)18-6-4-3-5-7-18;1-5-10(6-2)12(14)9-13(15)11(7-3)8-4;/h2*8-13,15,18H,3-7H2,1-2H3;9-11,14H,5-8H2,1-4H3;/q2*-1;;/b;;12-9-;/i2*11D;;. The number of nitrogens with zero attached hydrogens (tertiary/aromatic N) is 2. The maximum atomic E-state index is 11.7. The molecule has 64 heavy (non-hydrogen) atoms. The van der Waals surface area contributed by atoms with Crippen molar-refractivity contribution < 1.29 is 32.7 Å². The maximum Gasteiger partial charge on any atom is 0.162 e. The van der Waals surface area contributed by atoms with Crippen molar-refractivity contribution in [3.8, 4) is 22.5 Å². The molecule has 2 fully saturated rings. The van der Waals surface area contributed by atoms with Gasteiger partial charge < -0.3 is 15.1 Å². The number of allylic oxidation sites excluding steroid dienone is 2. The fourth-order valence-electron chi connectivity index (χ4n) is 9.90. The number of carbonyl (C=O) groups excluding carboxylic acids is 1. The van der Waals surface area contributed by atoms with E-state index in [1.54, 1.807) is 0 Å². The van der Waals surface area contributed by atoms with Gasteiger partial charge in [0.1, 0.15) is 0 Å². The number of aromatic nitrogens is 2. The van der Waals surface area contributed by atoms with Gasteiger partial charge in [-0.3, -0.25) is 4.79 Å². The summed E-state index contributed by atoms with van der Waals surface area (Å²) in [5, 5.41) is 14.3. The third kappa shape index (κ3) is 13.3. The Morgan fingerprint density at radius 3 is 1.41 bits per heavy atom. The number of aliphatic hydroxyl groups is 1. The van der Waals surface area contributed by atoms with Crippen molar-refractivity contribution in [2.24, 2.45) is 11.8 Å². The average molecular weight is 1040 g/mol. The zero-order valence-electron chi connectivity index (χ0n) is 41.8. The molecule has 0 unspecified atom stereocenters. The number of benzene rings is 4. The third-order valence-corrected chi connectivity index (χ3v) is 13.5. The van der Waals surface area contributed by atoms with Gasteiger partial charge in [-0.15, -0.1) is 69.8 Å². The Labute approximate surface area is 402 Å². The van der Waals surface area contributed by atoms with Crippen LogP contribution in [0.2, 0.25) is 0 Å². The molecule has 2 saturated carbocycles. The molecule has 4 aromatic carbocycles. The molecule has 0 aliphatic heterocycles. The molecule has 0 spiro atoms. The minimum atomic E-state index is 0. The molecule has 2 heterocycles. The second-order valence-corrected chi connectivity index (χ2v) is 18.3. The molecule has 341 valence electrons. The number of fused-ring (bicyclic) bond motifs is 2. The molecule has 6 aromatic rings. The zero-order chi connectivity index (χ0) is 46.6. The van der Waals surface area contributed by atoms with Crippen molar-refractivity contribution in [3.05, 3.63) is 142 Å². The normalized spacial score (nSPS) is 15.2. The zero-order valence-corrected chi connectivity index (χ0v) is 42.2. The largest absolute Gasteiger partial charge is 0.512 e. The molecule has 2 aliphatic carbocycles. The quantitative estimate of drug-likeness (QED) is 0.0798. The van der Waals surface area contributed by atoms with Crippen molar-refractivity contribution in [2.75, 3.05) is 0 Å². The van der Waals surface area contributed by atoms with Crippen molar-refractivity contribution in [3.63, 3.8) is 0 Å². The first-order valence-corrected chi connectivity index (χ1v) is 24.1. The summed E-state index contributed by atoms with van der Waals surface area (Å²) in [5.74, 6) is 1.90. The van der Waals surface area contributed by atoms with Crippen LogP contribution in [0.1, 0.15) is 166 Å². The number of pyridine rings is 2. The number of hydrogen-bond donors (Lipinski definition) is 1. The van der Waals surface area contributed by atoms with E-state index in [2.05, 4.69) is 110 Å². The van der Waals surface area contributed by atoms with Gasteiger partial charge in [-0.05, 0) is 119 Å². The fourth-order valence-corrected chi connectivity index (χ4v) is 9.90. The summed E-state index contributed by atoms with van der Waals surface area (Å²) >= 11 is 0. The second-order valence-electron chi connectivity index (χ2n) is 18.3. The van der Waals surface area contributed by atoms with Crippen molar-refractivity contribution in [2.45, 2.75) is 157 Å². The second kappa shape index (κ2) is 24.7. The number of rotatable bonds is 11. The number of ketones is 1. The summed E-state index contributed by atoms with van der Waals surface area (Å²) < 4.78 is 16.3. The predicted octanol–water partition coefficient (Wildman–Crippen LogP) is 16.6. The predicted molar refractivity (Wildman–Crippen MR) is 266 cm³/mol. The average Bonchev–Trinajstić information content (AvgIpc) is 3.29. The van der Waals surface area contributed by atoms with E-state index >= 15 is 0 Å². The van der Waals surface area contributed by atoms with Gasteiger partial charge in [-0.1, -0.05) is 130 Å². The Morgan fingerprint density at radius 2 is 1.03 bits per heavy atom. The monoisotopic (exact) mass is 1040 g/mol. The molecule has 2 aromatic heterocycles. The molecular weight excluding hydrogens is 961 g/mol. The molecular formula is C59H72IrN2O2-2. The van der Waals surface area contributed by atoms with Crippen LogP contribution in [0.25, 0.3) is 44.1 Å². The summed E-state index contributed by atoms with van der Waals surface area (Å²) in [7, 11) is 0. The van der Waals surface area contributed by atoms with E-state index in [1.807, 2.05) is 39.8 Å². The number of carbonyl (C=O) groups is 1. The van der Waals surface area contributed by atoms with E-state index in [9.17, 15) is 9.90 Å². The number of aryl methyl sites for hydroxylation is 4. The molecule has 1 radical (unpaired) electrons. The van der Waals surface area contributed by atoms with Gasteiger partial charge in [-0.2, -0.15) is 0 Å². The van der Waals surface area contributed by atoms with Crippen LogP contribution in [-0.4, -0.2) is 20.9 Å². The Kier molecular flexibility index (Phi) is 18.4. The van der Waals surface area contributed by atoms with Crippen LogP contribution in [0, 0.1) is 51.7 Å².